The van der Waals surface area contributed by atoms with Gasteiger partial charge >= 0.3 is 6.09 Å². The zero-order valence-electron chi connectivity index (χ0n) is 21.7. The van der Waals surface area contributed by atoms with E-state index >= 15 is 0 Å². The Morgan fingerprint density at radius 1 is 1.05 bits per heavy atom. The van der Waals surface area contributed by atoms with Crippen molar-refractivity contribution >= 4 is 23.6 Å². The zero-order valence-corrected chi connectivity index (χ0v) is 21.7. The molecule has 2 aromatic rings. The van der Waals surface area contributed by atoms with Crippen molar-refractivity contribution in [2.24, 2.45) is 11.8 Å². The van der Waals surface area contributed by atoms with Crippen LogP contribution in [0.5, 0.6) is 0 Å². The minimum atomic E-state index is -1.09. The maximum atomic E-state index is 14.1. The molecular weight excluding hydrogens is 484 g/mol. The number of likely N-dealkylation sites (tertiary alicyclic amines) is 1. The predicted octanol–water partition coefficient (Wildman–Crippen LogP) is 3.77. The molecule has 2 aliphatic heterocycles. The molecule has 3 aliphatic rings. The van der Waals surface area contributed by atoms with Gasteiger partial charge in [-0.25, -0.2) is 4.79 Å². The summed E-state index contributed by atoms with van der Waals surface area (Å²) in [5, 5.41) is 17.9. The van der Waals surface area contributed by atoms with Crippen molar-refractivity contribution in [2.45, 2.75) is 56.8 Å². The summed E-state index contributed by atoms with van der Waals surface area (Å²) in [4.78, 5) is 40.0. The summed E-state index contributed by atoms with van der Waals surface area (Å²) in [6, 6.07) is 15.0. The average Bonchev–Trinajstić information content (AvgIpc) is 3.38. The quantitative estimate of drug-likeness (QED) is 0.441. The van der Waals surface area contributed by atoms with Crippen molar-refractivity contribution in [1.82, 2.24) is 15.5 Å². The lowest BCUT2D eigenvalue weighted by atomic mass is 9.81. The van der Waals surface area contributed by atoms with E-state index in [1.807, 2.05) is 12.1 Å². The van der Waals surface area contributed by atoms with Gasteiger partial charge in [0.25, 0.3) is 5.91 Å². The first-order valence-corrected chi connectivity index (χ1v) is 13.5. The third kappa shape index (κ3) is 5.34. The Kier molecular flexibility index (Phi) is 7.83. The van der Waals surface area contributed by atoms with Gasteiger partial charge in [0.2, 0.25) is 5.91 Å². The minimum absolute atomic E-state index is 0.00494. The molecule has 1 aliphatic carbocycles. The van der Waals surface area contributed by atoms with Crippen LogP contribution in [0.25, 0.3) is 0 Å². The number of fused-ring (bicyclic) bond motifs is 3. The Morgan fingerprint density at radius 3 is 2.58 bits per heavy atom. The molecule has 1 saturated carbocycles. The van der Waals surface area contributed by atoms with Crippen LogP contribution < -0.4 is 16.0 Å². The molecule has 5 atom stereocenters. The van der Waals surface area contributed by atoms with E-state index in [-0.39, 0.29) is 48.3 Å². The number of hydrogen-bond acceptors (Lipinski definition) is 5. The van der Waals surface area contributed by atoms with E-state index in [0.29, 0.717) is 18.7 Å². The minimum Gasteiger partial charge on any atom is -0.465 e. The molecule has 3 amide bonds. The second kappa shape index (κ2) is 11.4. The van der Waals surface area contributed by atoms with Crippen molar-refractivity contribution in [3.05, 3.63) is 65.2 Å². The molecule has 202 valence electrons. The summed E-state index contributed by atoms with van der Waals surface area (Å²) in [5.41, 5.74) is 3.49. The molecule has 0 unspecified atom stereocenters. The zero-order chi connectivity index (χ0) is 26.6. The smallest absolute Gasteiger partial charge is 0.404 e. The van der Waals surface area contributed by atoms with Gasteiger partial charge < -0.3 is 30.7 Å². The van der Waals surface area contributed by atoms with Gasteiger partial charge in [-0.05, 0) is 48.6 Å². The van der Waals surface area contributed by atoms with E-state index in [1.54, 1.807) is 31.4 Å². The number of carboxylic acid groups (broad SMARTS) is 1. The Morgan fingerprint density at radius 2 is 1.82 bits per heavy atom. The third-order valence-corrected chi connectivity index (χ3v) is 8.27. The van der Waals surface area contributed by atoms with Gasteiger partial charge in [-0.1, -0.05) is 43.2 Å². The summed E-state index contributed by atoms with van der Waals surface area (Å²) in [5.74, 6) is -0.0578. The number of amides is 3. The molecule has 0 radical (unpaired) electrons. The number of nitrogens with zero attached hydrogens (tertiary/aromatic N) is 1. The molecule has 0 spiro atoms. The molecule has 4 N–H and O–H groups in total. The summed E-state index contributed by atoms with van der Waals surface area (Å²) in [6.07, 6.45) is 3.31. The number of benzene rings is 2. The number of rotatable bonds is 7. The van der Waals surface area contributed by atoms with Crippen LogP contribution in [-0.2, 0) is 16.1 Å². The fourth-order valence-electron chi connectivity index (χ4n) is 6.44. The average molecular weight is 521 g/mol. The number of para-hydroxylation sites is 1. The van der Waals surface area contributed by atoms with E-state index in [9.17, 15) is 14.4 Å². The van der Waals surface area contributed by atoms with Crippen LogP contribution in [0.2, 0.25) is 0 Å². The molecule has 9 nitrogen and oxygen atoms in total. The first kappa shape index (κ1) is 26.0. The van der Waals surface area contributed by atoms with E-state index in [1.165, 1.54) is 0 Å². The SMILES string of the molecule is COC[C@@H]1Nc2ccccc2[C@H]2[C@H]1CCN2C(=O)[C@H]1CCCC[C@H]1NC(=O)c1ccc(CNC(=O)O)cc1. The number of ether oxygens (including phenoxy) is 1. The van der Waals surface area contributed by atoms with Crippen molar-refractivity contribution in [1.29, 1.82) is 0 Å². The Balaban J connectivity index is 1.31. The molecule has 1 saturated heterocycles. The summed E-state index contributed by atoms with van der Waals surface area (Å²) in [7, 11) is 1.71. The molecule has 38 heavy (non-hydrogen) atoms. The lowest BCUT2D eigenvalue weighted by Crippen LogP contribution is -2.50. The summed E-state index contributed by atoms with van der Waals surface area (Å²) < 4.78 is 5.51. The van der Waals surface area contributed by atoms with Gasteiger partial charge in [-0.3, -0.25) is 9.59 Å². The van der Waals surface area contributed by atoms with Gasteiger partial charge in [0.05, 0.1) is 24.6 Å². The maximum absolute atomic E-state index is 14.1. The van der Waals surface area contributed by atoms with Crippen LogP contribution in [0.4, 0.5) is 10.5 Å². The second-order valence-corrected chi connectivity index (χ2v) is 10.5. The van der Waals surface area contributed by atoms with Crippen LogP contribution in [0.1, 0.15) is 59.6 Å². The van der Waals surface area contributed by atoms with Crippen molar-refractivity contribution in [3.8, 4) is 0 Å². The molecule has 2 aromatic carbocycles. The third-order valence-electron chi connectivity index (χ3n) is 8.27. The second-order valence-electron chi connectivity index (χ2n) is 10.5. The number of carbonyl (C=O) groups excluding carboxylic acids is 2. The van der Waals surface area contributed by atoms with Gasteiger partial charge in [0, 0.05) is 43.4 Å². The van der Waals surface area contributed by atoms with Gasteiger partial charge in [-0.15, -0.1) is 0 Å². The molecule has 2 fully saturated rings. The number of hydrogen-bond donors (Lipinski definition) is 4. The van der Waals surface area contributed by atoms with Crippen LogP contribution in [-0.4, -0.2) is 60.3 Å². The van der Waals surface area contributed by atoms with Crippen LogP contribution in [0.15, 0.2) is 48.5 Å². The molecule has 0 bridgehead atoms. The number of carbonyl (C=O) groups is 3. The Labute approximate surface area is 222 Å². The monoisotopic (exact) mass is 520 g/mol. The maximum Gasteiger partial charge on any atom is 0.404 e. The highest BCUT2D eigenvalue weighted by atomic mass is 16.5. The number of anilines is 1. The molecule has 2 heterocycles. The Bertz CT molecular complexity index is 1170. The summed E-state index contributed by atoms with van der Waals surface area (Å²) >= 11 is 0. The fourth-order valence-corrected chi connectivity index (χ4v) is 6.44. The predicted molar refractivity (Wildman–Crippen MR) is 143 cm³/mol. The van der Waals surface area contributed by atoms with E-state index in [4.69, 9.17) is 9.84 Å². The molecule has 9 heteroatoms. The van der Waals surface area contributed by atoms with Crippen LogP contribution >= 0.6 is 0 Å². The van der Waals surface area contributed by atoms with Crippen molar-refractivity contribution < 1.29 is 24.2 Å². The van der Waals surface area contributed by atoms with E-state index in [0.717, 1.165) is 48.9 Å². The summed E-state index contributed by atoms with van der Waals surface area (Å²) in [6.45, 7) is 1.47. The molecule has 5 rings (SSSR count). The van der Waals surface area contributed by atoms with Gasteiger partial charge in [0.1, 0.15) is 0 Å². The number of nitrogens with one attached hydrogen (secondary N) is 3. The largest absolute Gasteiger partial charge is 0.465 e. The molecular formula is C29H36N4O5. The van der Waals surface area contributed by atoms with Gasteiger partial charge in [-0.2, -0.15) is 0 Å². The fraction of sp³-hybridized carbons (Fsp3) is 0.483. The van der Waals surface area contributed by atoms with E-state index < -0.39 is 6.09 Å². The highest BCUT2D eigenvalue weighted by Gasteiger charge is 2.48. The molecule has 0 aromatic heterocycles. The van der Waals surface area contributed by atoms with E-state index in [2.05, 4.69) is 33.0 Å². The normalized spacial score (nSPS) is 26.0. The highest BCUT2D eigenvalue weighted by molar-refractivity contribution is 5.95. The lowest BCUT2D eigenvalue weighted by molar-refractivity contribution is -0.139. The number of methoxy groups -OCH3 is 1. The van der Waals surface area contributed by atoms with Crippen molar-refractivity contribution in [3.63, 3.8) is 0 Å². The van der Waals surface area contributed by atoms with Crippen molar-refractivity contribution in [2.75, 3.05) is 25.6 Å². The standard InChI is InChI=1S/C29H36N4O5/c1-38-17-25-21-14-15-33(26(21)20-6-2-4-8-23(20)31-25)28(35)22-7-3-5-9-24(22)32-27(34)19-12-10-18(11-13-19)16-30-29(36)37/h2,4,6,8,10-13,21-22,24-26,30-31H,3,5,7,9,14-17H2,1H3,(H,32,34)(H,36,37)/t21-,22-,24+,25-,26-/m0/s1. The Hall–Kier alpha value is -3.59. The first-order chi connectivity index (χ1) is 18.5. The van der Waals surface area contributed by atoms with Gasteiger partial charge in [0.15, 0.2) is 0 Å². The first-order valence-electron chi connectivity index (χ1n) is 13.5. The van der Waals surface area contributed by atoms with Crippen LogP contribution in [0, 0.1) is 11.8 Å². The van der Waals surface area contributed by atoms with Crippen LogP contribution in [0.3, 0.4) is 0 Å². The lowest BCUT2D eigenvalue weighted by Gasteiger charge is -2.41. The topological polar surface area (TPSA) is 120 Å². The highest BCUT2D eigenvalue weighted by Crippen LogP contribution is 2.47.